The minimum atomic E-state index is 0. The van der Waals surface area contributed by atoms with E-state index in [0.29, 0.717) is 24.5 Å². The topological polar surface area (TPSA) is 35.6 Å². The van der Waals surface area contributed by atoms with Crippen molar-refractivity contribution in [1.29, 1.82) is 0 Å². The van der Waals surface area contributed by atoms with Crippen molar-refractivity contribution in [3.05, 3.63) is 0 Å². The van der Waals surface area contributed by atoms with E-state index in [1.54, 1.807) is 0 Å². The normalized spacial score (nSPS) is 25.3. The van der Waals surface area contributed by atoms with E-state index in [2.05, 4.69) is 22.0 Å². The number of likely N-dealkylation sites (tertiary alicyclic amines) is 2. The Morgan fingerprint density at radius 1 is 1.15 bits per heavy atom. The van der Waals surface area contributed by atoms with Crippen molar-refractivity contribution in [3.8, 4) is 0 Å². The number of piperidine rings is 2. The Labute approximate surface area is 129 Å². The molecule has 20 heavy (non-hydrogen) atoms. The van der Waals surface area contributed by atoms with Crippen molar-refractivity contribution in [1.82, 2.24) is 15.1 Å². The van der Waals surface area contributed by atoms with Crippen molar-refractivity contribution in [2.24, 2.45) is 0 Å². The van der Waals surface area contributed by atoms with Gasteiger partial charge in [0.25, 0.3) is 0 Å². The summed E-state index contributed by atoms with van der Waals surface area (Å²) in [5, 5.41) is 3.34. The number of halogens is 1. The lowest BCUT2D eigenvalue weighted by molar-refractivity contribution is -0.136. The smallest absolute Gasteiger partial charge is 0.236 e. The minimum Gasteiger partial charge on any atom is -0.339 e. The largest absolute Gasteiger partial charge is 0.339 e. The van der Waals surface area contributed by atoms with Gasteiger partial charge in [0, 0.05) is 31.7 Å². The fraction of sp³-hybridized carbons (Fsp3) is 0.933. The van der Waals surface area contributed by atoms with E-state index in [9.17, 15) is 4.79 Å². The summed E-state index contributed by atoms with van der Waals surface area (Å²) in [5.41, 5.74) is 0. The van der Waals surface area contributed by atoms with Crippen molar-refractivity contribution >= 4 is 18.3 Å². The summed E-state index contributed by atoms with van der Waals surface area (Å²) < 4.78 is 0. The molecule has 2 aliphatic rings. The van der Waals surface area contributed by atoms with Crippen LogP contribution in [0.25, 0.3) is 0 Å². The number of rotatable bonds is 4. The summed E-state index contributed by atoms with van der Waals surface area (Å²) in [4.78, 5) is 16.9. The molecule has 0 radical (unpaired) electrons. The predicted molar refractivity (Wildman–Crippen MR) is 85.4 cm³/mol. The molecule has 2 saturated heterocycles. The SMILES string of the molecule is CCC1CCCCN1C(=O)CN1CCC(NC)CC1.Cl. The van der Waals surface area contributed by atoms with E-state index in [1.165, 1.54) is 32.1 Å². The van der Waals surface area contributed by atoms with E-state index in [-0.39, 0.29) is 12.4 Å². The molecule has 4 nitrogen and oxygen atoms in total. The number of hydrogen-bond acceptors (Lipinski definition) is 3. The molecule has 1 atom stereocenters. The first kappa shape index (κ1) is 17.7. The van der Waals surface area contributed by atoms with Crippen LogP contribution >= 0.6 is 12.4 Å². The Morgan fingerprint density at radius 3 is 2.45 bits per heavy atom. The van der Waals surface area contributed by atoms with Crippen molar-refractivity contribution in [2.75, 3.05) is 33.2 Å². The van der Waals surface area contributed by atoms with Gasteiger partial charge in [-0.15, -0.1) is 12.4 Å². The van der Waals surface area contributed by atoms with Gasteiger partial charge in [-0.1, -0.05) is 6.92 Å². The number of carbonyl (C=O) groups excluding carboxylic acids is 1. The maximum Gasteiger partial charge on any atom is 0.236 e. The lowest BCUT2D eigenvalue weighted by atomic mass is 9.99. The first-order chi connectivity index (χ1) is 9.24. The van der Waals surface area contributed by atoms with Gasteiger partial charge in [0.05, 0.1) is 6.54 Å². The lowest BCUT2D eigenvalue weighted by Crippen LogP contribution is -2.50. The Hall–Kier alpha value is -0.320. The molecule has 2 rings (SSSR count). The van der Waals surface area contributed by atoms with Crippen LogP contribution in [0.3, 0.4) is 0 Å². The highest BCUT2D eigenvalue weighted by Crippen LogP contribution is 2.20. The van der Waals surface area contributed by atoms with Crippen molar-refractivity contribution < 1.29 is 4.79 Å². The summed E-state index contributed by atoms with van der Waals surface area (Å²) in [6, 6.07) is 1.14. The molecule has 0 spiro atoms. The first-order valence-corrected chi connectivity index (χ1v) is 7.93. The number of carbonyl (C=O) groups is 1. The quantitative estimate of drug-likeness (QED) is 0.861. The molecule has 2 fully saturated rings. The fourth-order valence-electron chi connectivity index (χ4n) is 3.42. The van der Waals surface area contributed by atoms with Crippen LogP contribution < -0.4 is 5.32 Å². The van der Waals surface area contributed by atoms with E-state index < -0.39 is 0 Å². The zero-order chi connectivity index (χ0) is 13.7. The van der Waals surface area contributed by atoms with Crippen LogP contribution in [0.4, 0.5) is 0 Å². The summed E-state index contributed by atoms with van der Waals surface area (Å²) in [5.74, 6) is 0.356. The Bertz CT molecular complexity index is 293. The minimum absolute atomic E-state index is 0. The van der Waals surface area contributed by atoms with Gasteiger partial charge in [0.1, 0.15) is 0 Å². The van der Waals surface area contributed by atoms with Crippen molar-refractivity contribution in [2.45, 2.75) is 57.5 Å². The predicted octanol–water partition coefficient (Wildman–Crippen LogP) is 1.88. The zero-order valence-electron chi connectivity index (χ0n) is 12.9. The summed E-state index contributed by atoms with van der Waals surface area (Å²) >= 11 is 0. The highest BCUT2D eigenvalue weighted by atomic mass is 35.5. The van der Waals surface area contributed by atoms with Crippen LogP contribution in [0.1, 0.15) is 45.4 Å². The third kappa shape index (κ3) is 4.61. The summed E-state index contributed by atoms with van der Waals surface area (Å²) in [6.45, 7) is 5.93. The van der Waals surface area contributed by atoms with Crippen LogP contribution in [0.15, 0.2) is 0 Å². The van der Waals surface area contributed by atoms with E-state index in [1.807, 2.05) is 7.05 Å². The number of nitrogens with one attached hydrogen (secondary N) is 1. The van der Waals surface area contributed by atoms with Crippen LogP contribution in [-0.4, -0.2) is 61.0 Å². The highest BCUT2D eigenvalue weighted by Gasteiger charge is 2.27. The maximum absolute atomic E-state index is 12.5. The molecule has 0 aromatic carbocycles. The van der Waals surface area contributed by atoms with Crippen LogP contribution in [-0.2, 0) is 4.79 Å². The molecule has 2 aliphatic heterocycles. The van der Waals surface area contributed by atoms with E-state index in [0.717, 1.165) is 26.1 Å². The third-order valence-electron chi connectivity index (χ3n) is 4.77. The molecule has 118 valence electrons. The molecule has 0 bridgehead atoms. The van der Waals surface area contributed by atoms with Gasteiger partial charge in [-0.25, -0.2) is 0 Å². The summed E-state index contributed by atoms with van der Waals surface area (Å²) in [7, 11) is 2.03. The summed E-state index contributed by atoms with van der Waals surface area (Å²) in [6.07, 6.45) is 7.11. The molecule has 1 unspecified atom stereocenters. The van der Waals surface area contributed by atoms with Crippen molar-refractivity contribution in [3.63, 3.8) is 0 Å². The van der Waals surface area contributed by atoms with E-state index in [4.69, 9.17) is 0 Å². The second-order valence-corrected chi connectivity index (χ2v) is 5.98. The van der Waals surface area contributed by atoms with Gasteiger partial charge in [-0.2, -0.15) is 0 Å². The Balaban J connectivity index is 0.00000200. The van der Waals surface area contributed by atoms with Gasteiger partial charge >= 0.3 is 0 Å². The van der Waals surface area contributed by atoms with E-state index >= 15 is 0 Å². The molecule has 0 aromatic heterocycles. The fourth-order valence-corrected chi connectivity index (χ4v) is 3.42. The second kappa shape index (κ2) is 8.85. The van der Waals surface area contributed by atoms with Crippen LogP contribution in [0, 0.1) is 0 Å². The average molecular weight is 304 g/mol. The highest BCUT2D eigenvalue weighted by molar-refractivity contribution is 5.85. The van der Waals surface area contributed by atoms with Crippen LogP contribution in [0.2, 0.25) is 0 Å². The van der Waals surface area contributed by atoms with Gasteiger partial charge < -0.3 is 10.2 Å². The Morgan fingerprint density at radius 2 is 1.85 bits per heavy atom. The maximum atomic E-state index is 12.5. The standard InChI is InChI=1S/C15H29N3O.ClH/c1-3-14-6-4-5-9-18(14)15(19)12-17-10-7-13(16-2)8-11-17;/h13-14,16H,3-12H2,1-2H3;1H. The zero-order valence-corrected chi connectivity index (χ0v) is 13.8. The third-order valence-corrected chi connectivity index (χ3v) is 4.77. The molecule has 2 heterocycles. The Kier molecular flexibility index (Phi) is 7.85. The second-order valence-electron chi connectivity index (χ2n) is 5.98. The van der Waals surface area contributed by atoms with Gasteiger partial charge in [0.2, 0.25) is 5.91 Å². The molecule has 0 saturated carbocycles. The molecular formula is C15H30ClN3O. The number of nitrogens with zero attached hydrogens (tertiary/aromatic N) is 2. The molecule has 5 heteroatoms. The van der Waals surface area contributed by atoms with Gasteiger partial charge in [0.15, 0.2) is 0 Å². The first-order valence-electron chi connectivity index (χ1n) is 7.93. The average Bonchev–Trinajstić information content (AvgIpc) is 2.48. The molecule has 1 amide bonds. The molecule has 0 aliphatic carbocycles. The number of amides is 1. The monoisotopic (exact) mass is 303 g/mol. The molecular weight excluding hydrogens is 274 g/mol. The molecule has 0 aromatic rings. The number of hydrogen-bond donors (Lipinski definition) is 1. The van der Waals surface area contributed by atoms with Gasteiger partial charge in [-0.05, 0) is 45.6 Å². The van der Waals surface area contributed by atoms with Gasteiger partial charge in [-0.3, -0.25) is 9.69 Å². The lowest BCUT2D eigenvalue weighted by Gasteiger charge is -2.38. The van der Waals surface area contributed by atoms with Crippen LogP contribution in [0.5, 0.6) is 0 Å². The molecule has 1 N–H and O–H groups in total.